The molecule has 1 saturated heterocycles. The predicted molar refractivity (Wildman–Crippen MR) is 101 cm³/mol. The Balaban J connectivity index is 1.55. The molecular formula is C17H22FN3O3S2. The fraction of sp³-hybridized carbons (Fsp3) is 0.471. The van der Waals surface area contributed by atoms with Crippen LogP contribution in [-0.2, 0) is 14.8 Å². The third kappa shape index (κ3) is 4.79. The van der Waals surface area contributed by atoms with Gasteiger partial charge in [0.1, 0.15) is 5.82 Å². The highest BCUT2D eigenvalue weighted by molar-refractivity contribution is 7.89. The van der Waals surface area contributed by atoms with Crippen molar-refractivity contribution >= 4 is 26.5 Å². The van der Waals surface area contributed by atoms with Crippen molar-refractivity contribution in [2.45, 2.75) is 26.1 Å². The van der Waals surface area contributed by atoms with Gasteiger partial charge >= 0.3 is 0 Å². The van der Waals surface area contributed by atoms with Crippen LogP contribution in [0.1, 0.15) is 13.8 Å². The number of benzene rings is 1. The van der Waals surface area contributed by atoms with Gasteiger partial charge in [-0.25, -0.2) is 17.8 Å². The lowest BCUT2D eigenvalue weighted by atomic mass is 10.2. The molecule has 26 heavy (non-hydrogen) atoms. The number of anilines is 1. The summed E-state index contributed by atoms with van der Waals surface area (Å²) in [5.41, 5.74) is 1.55. The van der Waals surface area contributed by atoms with E-state index in [1.807, 2.05) is 19.2 Å². The van der Waals surface area contributed by atoms with Gasteiger partial charge in [-0.05, 0) is 38.1 Å². The van der Waals surface area contributed by atoms with Gasteiger partial charge in [-0.15, -0.1) is 11.3 Å². The highest BCUT2D eigenvalue weighted by Gasteiger charge is 2.30. The predicted octanol–water partition coefficient (Wildman–Crippen LogP) is 2.80. The molecule has 3 rings (SSSR count). The normalized spacial score (nSPS) is 21.7. The number of hydrogen-bond acceptors (Lipinski definition) is 6. The fourth-order valence-corrected chi connectivity index (χ4v) is 5.12. The monoisotopic (exact) mass is 399 g/mol. The molecule has 0 bridgehead atoms. The van der Waals surface area contributed by atoms with E-state index < -0.39 is 10.0 Å². The van der Waals surface area contributed by atoms with Gasteiger partial charge in [0.2, 0.25) is 10.0 Å². The van der Waals surface area contributed by atoms with Gasteiger partial charge < -0.3 is 10.1 Å². The Kier molecular flexibility index (Phi) is 5.91. The average molecular weight is 400 g/mol. The Morgan fingerprint density at radius 3 is 2.58 bits per heavy atom. The van der Waals surface area contributed by atoms with Gasteiger partial charge in [0, 0.05) is 30.6 Å². The van der Waals surface area contributed by atoms with Crippen LogP contribution in [0.5, 0.6) is 0 Å². The van der Waals surface area contributed by atoms with E-state index in [9.17, 15) is 12.8 Å². The van der Waals surface area contributed by atoms with Gasteiger partial charge in [0.05, 0.1) is 23.7 Å². The minimum Gasteiger partial charge on any atom is -0.373 e. The number of nitrogens with one attached hydrogen (secondary N) is 1. The summed E-state index contributed by atoms with van der Waals surface area (Å²) in [6.07, 6.45) is -0.197. The first-order chi connectivity index (χ1) is 12.3. The molecule has 142 valence electrons. The summed E-state index contributed by atoms with van der Waals surface area (Å²) >= 11 is 1.39. The number of halogens is 1. The lowest BCUT2D eigenvalue weighted by molar-refractivity contribution is -0.0440. The van der Waals surface area contributed by atoms with Gasteiger partial charge in [0.25, 0.3) is 0 Å². The van der Waals surface area contributed by atoms with E-state index in [0.29, 0.717) is 18.2 Å². The molecule has 0 aliphatic carbocycles. The van der Waals surface area contributed by atoms with Gasteiger partial charge in [-0.3, -0.25) is 0 Å². The van der Waals surface area contributed by atoms with Gasteiger partial charge in [-0.2, -0.15) is 4.31 Å². The molecule has 0 saturated carbocycles. The molecule has 9 heteroatoms. The minimum absolute atomic E-state index is 0.00208. The first-order valence-electron chi connectivity index (χ1n) is 8.42. The Morgan fingerprint density at radius 2 is 1.92 bits per heavy atom. The molecule has 1 aliphatic rings. The van der Waals surface area contributed by atoms with Crippen molar-refractivity contribution in [3.05, 3.63) is 35.5 Å². The molecule has 6 nitrogen and oxygen atoms in total. The van der Waals surface area contributed by atoms with Crippen LogP contribution in [0, 0.1) is 5.82 Å². The van der Waals surface area contributed by atoms with Crippen LogP contribution >= 0.6 is 11.3 Å². The number of rotatable bonds is 6. The lowest BCUT2D eigenvalue weighted by Crippen LogP contribution is -2.49. The first-order valence-corrected chi connectivity index (χ1v) is 10.9. The number of sulfonamides is 1. The third-order valence-electron chi connectivity index (χ3n) is 4.06. The molecule has 0 amide bonds. The van der Waals surface area contributed by atoms with Crippen molar-refractivity contribution in [3.8, 4) is 11.3 Å². The van der Waals surface area contributed by atoms with Crippen LogP contribution in [0.2, 0.25) is 0 Å². The van der Waals surface area contributed by atoms with E-state index in [4.69, 9.17) is 4.74 Å². The van der Waals surface area contributed by atoms with Gasteiger partial charge in [0.15, 0.2) is 5.13 Å². The van der Waals surface area contributed by atoms with E-state index in [0.717, 1.165) is 11.3 Å². The molecule has 0 spiro atoms. The maximum Gasteiger partial charge on any atom is 0.216 e. The molecule has 1 fully saturated rings. The molecule has 1 N–H and O–H groups in total. The largest absolute Gasteiger partial charge is 0.373 e. The number of morpholine rings is 1. The second-order valence-electron chi connectivity index (χ2n) is 6.36. The zero-order valence-corrected chi connectivity index (χ0v) is 16.3. The Morgan fingerprint density at radius 1 is 1.27 bits per heavy atom. The van der Waals surface area contributed by atoms with Crippen molar-refractivity contribution < 1.29 is 17.5 Å². The SMILES string of the molecule is CC1CN(S(=O)(=O)CCNc2nc(-c3ccc(F)cc3)cs2)CC(C)O1. The van der Waals surface area contributed by atoms with Crippen molar-refractivity contribution in [2.75, 3.05) is 30.7 Å². The Labute approximate surface area is 157 Å². The van der Waals surface area contributed by atoms with Crippen LogP contribution in [0.25, 0.3) is 11.3 Å². The topological polar surface area (TPSA) is 71.5 Å². The average Bonchev–Trinajstić information content (AvgIpc) is 3.03. The second-order valence-corrected chi connectivity index (χ2v) is 9.31. The first kappa shape index (κ1) is 19.2. The number of hydrogen-bond donors (Lipinski definition) is 1. The van der Waals surface area contributed by atoms with Crippen LogP contribution in [0.3, 0.4) is 0 Å². The van der Waals surface area contributed by atoms with E-state index in [-0.39, 0.29) is 30.3 Å². The standard InChI is InChI=1S/C17H22FN3O3S2/c1-12-9-21(10-13(2)24-12)26(22,23)8-7-19-17-20-16(11-25-17)14-3-5-15(18)6-4-14/h3-6,11-13H,7-10H2,1-2H3,(H,19,20). The molecule has 2 aromatic rings. The molecule has 2 heterocycles. The zero-order valence-electron chi connectivity index (χ0n) is 14.7. The number of nitrogens with zero attached hydrogens (tertiary/aromatic N) is 2. The van der Waals surface area contributed by atoms with Gasteiger partial charge in [-0.1, -0.05) is 0 Å². The van der Waals surface area contributed by atoms with E-state index >= 15 is 0 Å². The number of aromatic nitrogens is 1. The summed E-state index contributed by atoms with van der Waals surface area (Å²) in [4.78, 5) is 4.42. The fourth-order valence-electron chi connectivity index (χ4n) is 2.88. The Bertz CT molecular complexity index is 829. The van der Waals surface area contributed by atoms with E-state index in [1.165, 1.54) is 27.8 Å². The summed E-state index contributed by atoms with van der Waals surface area (Å²) in [5, 5.41) is 5.56. The van der Waals surface area contributed by atoms with Crippen LogP contribution in [0.4, 0.5) is 9.52 Å². The van der Waals surface area contributed by atoms with Crippen molar-refractivity contribution in [2.24, 2.45) is 0 Å². The summed E-state index contributed by atoms with van der Waals surface area (Å²) < 4.78 is 45.1. The van der Waals surface area contributed by atoms with Crippen LogP contribution in [0.15, 0.2) is 29.6 Å². The molecule has 1 aromatic heterocycles. The summed E-state index contributed by atoms with van der Waals surface area (Å²) in [7, 11) is -3.34. The van der Waals surface area contributed by atoms with Crippen LogP contribution < -0.4 is 5.32 Å². The smallest absolute Gasteiger partial charge is 0.216 e. The molecular weight excluding hydrogens is 377 g/mol. The van der Waals surface area contributed by atoms with E-state index in [2.05, 4.69) is 10.3 Å². The van der Waals surface area contributed by atoms with Crippen molar-refractivity contribution in [3.63, 3.8) is 0 Å². The highest BCUT2D eigenvalue weighted by Crippen LogP contribution is 2.25. The van der Waals surface area contributed by atoms with Crippen LogP contribution in [-0.4, -0.2) is 55.3 Å². The summed E-state index contributed by atoms with van der Waals surface area (Å²) in [6.45, 7) is 4.81. The van der Waals surface area contributed by atoms with E-state index in [1.54, 1.807) is 12.1 Å². The molecule has 1 aromatic carbocycles. The zero-order chi connectivity index (χ0) is 18.7. The molecule has 2 atom stereocenters. The molecule has 2 unspecified atom stereocenters. The molecule has 1 aliphatic heterocycles. The van der Waals surface area contributed by atoms with Crippen molar-refractivity contribution in [1.82, 2.24) is 9.29 Å². The number of thiazole rings is 1. The lowest BCUT2D eigenvalue weighted by Gasteiger charge is -2.34. The quantitative estimate of drug-likeness (QED) is 0.809. The Hall–Kier alpha value is -1.55. The number of ether oxygens (including phenoxy) is 1. The highest BCUT2D eigenvalue weighted by atomic mass is 32.2. The maximum atomic E-state index is 13.0. The second kappa shape index (κ2) is 7.99. The third-order valence-corrected chi connectivity index (χ3v) is 6.66. The summed E-state index contributed by atoms with van der Waals surface area (Å²) in [6, 6.07) is 6.11. The minimum atomic E-state index is -3.34. The maximum absolute atomic E-state index is 13.0. The molecule has 0 radical (unpaired) electrons. The van der Waals surface area contributed by atoms with Crippen molar-refractivity contribution in [1.29, 1.82) is 0 Å². The summed E-state index contributed by atoms with van der Waals surface area (Å²) in [5.74, 6) is -0.294.